The van der Waals surface area contributed by atoms with Crippen molar-refractivity contribution in [1.29, 1.82) is 0 Å². The van der Waals surface area contributed by atoms with Crippen molar-refractivity contribution in [2.45, 2.75) is 31.5 Å². The van der Waals surface area contributed by atoms with Gasteiger partial charge in [0.05, 0.1) is 11.7 Å². The molecule has 0 aliphatic carbocycles. The van der Waals surface area contributed by atoms with Gasteiger partial charge >= 0.3 is 0 Å². The Kier molecular flexibility index (Phi) is 1.06. The van der Waals surface area contributed by atoms with E-state index in [0.29, 0.717) is 6.10 Å². The Hall–Kier alpha value is -0.0800. The summed E-state index contributed by atoms with van der Waals surface area (Å²) in [4.78, 5) is 0. The van der Waals surface area contributed by atoms with E-state index < -0.39 is 0 Å². The smallest absolute Gasteiger partial charge is 0.0703 e. The molecule has 2 bridgehead atoms. The minimum atomic E-state index is 0.249. The maximum atomic E-state index is 5.99. The molecule has 0 aromatic heterocycles. The van der Waals surface area contributed by atoms with Crippen molar-refractivity contribution in [3.8, 4) is 0 Å². The molecule has 0 amide bonds. The van der Waals surface area contributed by atoms with Gasteiger partial charge in [-0.05, 0) is 19.8 Å². The molecule has 0 saturated carbocycles. The van der Waals surface area contributed by atoms with E-state index in [1.54, 1.807) is 0 Å². The van der Waals surface area contributed by atoms with Crippen LogP contribution in [-0.4, -0.2) is 24.8 Å². The van der Waals surface area contributed by atoms with E-state index in [2.05, 4.69) is 12.2 Å². The molecule has 3 saturated heterocycles. The topological polar surface area (TPSA) is 21.3 Å². The van der Waals surface area contributed by atoms with Crippen LogP contribution in [0.1, 0.15) is 19.8 Å². The third kappa shape index (κ3) is 0.651. The summed E-state index contributed by atoms with van der Waals surface area (Å²) in [5.74, 6) is 1.66. The molecule has 1 N–H and O–H groups in total. The van der Waals surface area contributed by atoms with Gasteiger partial charge in [0.25, 0.3) is 0 Å². The molecule has 2 unspecified atom stereocenters. The molecule has 3 fully saturated rings. The summed E-state index contributed by atoms with van der Waals surface area (Å²) in [6, 6.07) is 0. The van der Waals surface area contributed by atoms with E-state index in [0.717, 1.165) is 11.8 Å². The Labute approximate surface area is 67.3 Å². The predicted molar refractivity (Wildman–Crippen MR) is 42.4 cm³/mol. The molecule has 3 rings (SSSR count). The van der Waals surface area contributed by atoms with Crippen LogP contribution in [0.2, 0.25) is 0 Å². The molecule has 0 aromatic rings. The maximum Gasteiger partial charge on any atom is 0.0703 e. The molecular weight excluding hydrogens is 138 g/mol. The normalized spacial score (nSPS) is 60.3. The molecule has 3 aliphatic rings. The van der Waals surface area contributed by atoms with E-state index in [4.69, 9.17) is 4.74 Å². The Morgan fingerprint density at radius 2 is 2.36 bits per heavy atom. The quantitative estimate of drug-likeness (QED) is 0.555. The first kappa shape index (κ1) is 6.44. The molecular formula is C9H15NO. The van der Waals surface area contributed by atoms with Gasteiger partial charge < -0.3 is 10.1 Å². The van der Waals surface area contributed by atoms with Gasteiger partial charge in [0, 0.05) is 24.9 Å². The monoisotopic (exact) mass is 153 g/mol. The first-order valence-corrected chi connectivity index (χ1v) is 4.68. The second-order valence-electron chi connectivity index (χ2n) is 4.44. The highest BCUT2D eigenvalue weighted by Crippen LogP contribution is 2.52. The number of hydrogen-bond donors (Lipinski definition) is 1. The summed E-state index contributed by atoms with van der Waals surface area (Å²) in [5, 5.41) is 3.47. The molecule has 2 heteroatoms. The molecule has 0 aromatic carbocycles. The predicted octanol–water partition coefficient (Wildman–Crippen LogP) is 0.773. The number of ether oxygens (including phenoxy) is 1. The van der Waals surface area contributed by atoms with E-state index in [9.17, 15) is 0 Å². The van der Waals surface area contributed by atoms with Crippen molar-refractivity contribution in [1.82, 2.24) is 5.32 Å². The van der Waals surface area contributed by atoms with E-state index in [1.165, 1.54) is 25.9 Å². The number of hydrogen-bond acceptors (Lipinski definition) is 2. The maximum absolute atomic E-state index is 5.99. The van der Waals surface area contributed by atoms with Crippen LogP contribution in [0, 0.1) is 11.8 Å². The third-order valence-corrected chi connectivity index (χ3v) is 3.87. The van der Waals surface area contributed by atoms with Crippen LogP contribution in [-0.2, 0) is 4.74 Å². The van der Waals surface area contributed by atoms with Crippen molar-refractivity contribution < 1.29 is 4.74 Å². The van der Waals surface area contributed by atoms with Gasteiger partial charge in [-0.2, -0.15) is 0 Å². The van der Waals surface area contributed by atoms with Crippen LogP contribution < -0.4 is 5.32 Å². The van der Waals surface area contributed by atoms with E-state index >= 15 is 0 Å². The second-order valence-corrected chi connectivity index (χ2v) is 4.44. The zero-order chi connectivity index (χ0) is 7.47. The van der Waals surface area contributed by atoms with E-state index in [1.807, 2.05) is 0 Å². The fourth-order valence-corrected chi connectivity index (χ4v) is 3.23. The molecule has 62 valence electrons. The van der Waals surface area contributed by atoms with Gasteiger partial charge in [0.1, 0.15) is 0 Å². The van der Waals surface area contributed by atoms with E-state index in [-0.39, 0.29) is 5.60 Å². The first-order valence-electron chi connectivity index (χ1n) is 4.68. The minimum absolute atomic E-state index is 0.249. The average Bonchev–Trinajstić information content (AvgIpc) is 2.53. The Balaban J connectivity index is 1.98. The van der Waals surface area contributed by atoms with Crippen LogP contribution in [0.3, 0.4) is 0 Å². The Bertz CT molecular complexity index is 194. The lowest BCUT2D eigenvalue weighted by Gasteiger charge is -2.27. The molecule has 0 spiro atoms. The van der Waals surface area contributed by atoms with Gasteiger partial charge in [-0.1, -0.05) is 0 Å². The largest absolute Gasteiger partial charge is 0.371 e. The summed E-state index contributed by atoms with van der Waals surface area (Å²) < 4.78 is 5.99. The zero-order valence-electron chi connectivity index (χ0n) is 6.97. The van der Waals surface area contributed by atoms with Crippen LogP contribution in [0.5, 0.6) is 0 Å². The summed E-state index contributed by atoms with van der Waals surface area (Å²) in [5.41, 5.74) is 0.249. The summed E-state index contributed by atoms with van der Waals surface area (Å²) in [7, 11) is 0. The lowest BCUT2D eigenvalue weighted by Crippen LogP contribution is -2.34. The summed E-state index contributed by atoms with van der Waals surface area (Å²) in [6.07, 6.45) is 3.19. The van der Waals surface area contributed by atoms with Crippen molar-refractivity contribution >= 4 is 0 Å². The standard InChI is InChI=1S/C9H15NO/c1-9-3-2-8(11-9)6-4-10-5-7(6)9/h6-8,10H,2-5H2,1H3/t6?,7?,8-,9+/m0/s1. The molecule has 3 heterocycles. The SMILES string of the molecule is C[C@]12CC[C@H](O1)C1CNCC12. The second kappa shape index (κ2) is 1.80. The molecule has 11 heavy (non-hydrogen) atoms. The highest BCUT2D eigenvalue weighted by molar-refractivity contribution is 5.08. The van der Waals surface area contributed by atoms with Crippen LogP contribution in [0.25, 0.3) is 0 Å². The number of rotatable bonds is 0. The fourth-order valence-electron chi connectivity index (χ4n) is 3.23. The molecule has 2 nitrogen and oxygen atoms in total. The van der Waals surface area contributed by atoms with Crippen molar-refractivity contribution in [2.24, 2.45) is 11.8 Å². The average molecular weight is 153 g/mol. The highest BCUT2D eigenvalue weighted by atomic mass is 16.5. The summed E-state index contributed by atoms with van der Waals surface area (Å²) >= 11 is 0. The number of nitrogens with one attached hydrogen (secondary N) is 1. The van der Waals surface area contributed by atoms with Gasteiger partial charge in [-0.25, -0.2) is 0 Å². The Morgan fingerprint density at radius 3 is 3.18 bits per heavy atom. The van der Waals surface area contributed by atoms with Gasteiger partial charge in [-0.3, -0.25) is 0 Å². The third-order valence-electron chi connectivity index (χ3n) is 3.87. The summed E-state index contributed by atoms with van der Waals surface area (Å²) in [6.45, 7) is 4.69. The minimum Gasteiger partial charge on any atom is -0.371 e. The van der Waals surface area contributed by atoms with Gasteiger partial charge in [0.15, 0.2) is 0 Å². The van der Waals surface area contributed by atoms with Gasteiger partial charge in [-0.15, -0.1) is 0 Å². The molecule has 4 atom stereocenters. The molecule has 3 aliphatic heterocycles. The highest BCUT2D eigenvalue weighted by Gasteiger charge is 2.57. The van der Waals surface area contributed by atoms with Crippen molar-refractivity contribution in [2.75, 3.05) is 13.1 Å². The van der Waals surface area contributed by atoms with Crippen LogP contribution in [0.4, 0.5) is 0 Å². The molecule has 0 radical (unpaired) electrons. The van der Waals surface area contributed by atoms with Gasteiger partial charge in [0.2, 0.25) is 0 Å². The van der Waals surface area contributed by atoms with Crippen molar-refractivity contribution in [3.63, 3.8) is 0 Å². The lowest BCUT2D eigenvalue weighted by atomic mass is 9.75. The van der Waals surface area contributed by atoms with Crippen LogP contribution >= 0.6 is 0 Å². The fraction of sp³-hybridized carbons (Fsp3) is 1.00. The van der Waals surface area contributed by atoms with Crippen LogP contribution in [0.15, 0.2) is 0 Å². The van der Waals surface area contributed by atoms with Crippen molar-refractivity contribution in [3.05, 3.63) is 0 Å². The Morgan fingerprint density at radius 1 is 1.45 bits per heavy atom. The number of fused-ring (bicyclic) bond motifs is 5. The first-order chi connectivity index (χ1) is 5.30. The lowest BCUT2D eigenvalue weighted by molar-refractivity contribution is 0.00527. The zero-order valence-corrected chi connectivity index (χ0v) is 6.97.